The number of aromatic hydroxyl groups is 1. The van der Waals surface area contributed by atoms with Gasteiger partial charge in [0.1, 0.15) is 5.75 Å². The summed E-state index contributed by atoms with van der Waals surface area (Å²) in [6.45, 7) is 0. The standard InChI is InChI=1S/C42H36BCl2N3O9/c1-56-27-11-8-23(9-12-27)42-31(15-6-22-7-17-35(49)36(18-22)57-2)28-13-14-29-37(40(52)47(38(29)50)26-5-3-4-24(19-26)43(54)55)30(28)21-32(42)39(51)48(41(42)53)46-34-16-10-25(44)20-33(34)45/h3-13,15-20,29-32,37,46,49,54-55H,14,21H2,1-2H3. The molecule has 4 aromatic carbocycles. The number of phenols is 1. The van der Waals surface area contributed by atoms with Crippen molar-refractivity contribution in [1.29, 1.82) is 0 Å². The summed E-state index contributed by atoms with van der Waals surface area (Å²) in [6.07, 6.45) is 5.79. The number of nitrogens with one attached hydrogen (secondary N) is 1. The summed E-state index contributed by atoms with van der Waals surface area (Å²) in [6, 6.07) is 22.4. The zero-order chi connectivity index (χ0) is 40.3. The van der Waals surface area contributed by atoms with Crippen molar-refractivity contribution in [2.45, 2.75) is 18.3 Å². The lowest BCUT2D eigenvalue weighted by Crippen LogP contribution is -2.54. The van der Waals surface area contributed by atoms with Crippen molar-refractivity contribution in [2.24, 2.45) is 29.6 Å². The minimum absolute atomic E-state index is 0.0513. The molecule has 57 heavy (non-hydrogen) atoms. The van der Waals surface area contributed by atoms with E-state index >= 15 is 4.79 Å². The second kappa shape index (κ2) is 14.7. The maximum absolute atomic E-state index is 15.4. The second-order valence-electron chi connectivity index (χ2n) is 14.5. The minimum Gasteiger partial charge on any atom is -0.504 e. The van der Waals surface area contributed by atoms with Gasteiger partial charge in [-0.3, -0.25) is 29.5 Å². The van der Waals surface area contributed by atoms with Gasteiger partial charge in [0.2, 0.25) is 11.8 Å². The van der Waals surface area contributed by atoms with Gasteiger partial charge in [-0.15, -0.1) is 0 Å². The molecule has 4 N–H and O–H groups in total. The van der Waals surface area contributed by atoms with Crippen LogP contribution in [-0.2, 0) is 24.6 Å². The summed E-state index contributed by atoms with van der Waals surface area (Å²) in [5, 5.41) is 31.6. The summed E-state index contributed by atoms with van der Waals surface area (Å²) >= 11 is 12.7. The van der Waals surface area contributed by atoms with Crippen molar-refractivity contribution in [3.8, 4) is 17.2 Å². The number of ether oxygens (including phenoxy) is 2. The van der Waals surface area contributed by atoms with Crippen LogP contribution >= 0.6 is 23.2 Å². The summed E-state index contributed by atoms with van der Waals surface area (Å²) in [5.74, 6) is -5.46. The average Bonchev–Trinajstić information content (AvgIpc) is 3.59. The van der Waals surface area contributed by atoms with Gasteiger partial charge in [0.25, 0.3) is 11.8 Å². The number of phenolic OH excluding ortho intramolecular Hbond substituents is 1. The van der Waals surface area contributed by atoms with E-state index in [1.165, 1.54) is 44.6 Å². The van der Waals surface area contributed by atoms with Crippen LogP contribution in [-0.4, -0.2) is 65.1 Å². The number of rotatable bonds is 9. The van der Waals surface area contributed by atoms with Gasteiger partial charge < -0.3 is 24.6 Å². The Morgan fingerprint density at radius 1 is 0.877 bits per heavy atom. The van der Waals surface area contributed by atoms with Crippen LogP contribution in [0.25, 0.3) is 6.08 Å². The van der Waals surface area contributed by atoms with E-state index in [9.17, 15) is 29.5 Å². The van der Waals surface area contributed by atoms with Gasteiger partial charge in [0, 0.05) is 10.9 Å². The molecule has 6 atom stereocenters. The Labute approximate surface area is 338 Å². The van der Waals surface area contributed by atoms with Gasteiger partial charge in [-0.25, -0.2) is 0 Å². The number of imide groups is 2. The molecule has 2 saturated heterocycles. The van der Waals surface area contributed by atoms with Gasteiger partial charge in [-0.05, 0) is 89.9 Å². The van der Waals surface area contributed by atoms with Crippen LogP contribution in [0.3, 0.4) is 0 Å². The highest BCUT2D eigenvalue weighted by molar-refractivity contribution is 6.58. The maximum atomic E-state index is 15.4. The number of hydrogen-bond donors (Lipinski definition) is 4. The molecule has 2 heterocycles. The predicted octanol–water partition coefficient (Wildman–Crippen LogP) is 5.13. The van der Waals surface area contributed by atoms with Crippen molar-refractivity contribution in [3.63, 3.8) is 0 Å². The normalized spacial score (nSPS) is 25.3. The highest BCUT2D eigenvalue weighted by Crippen LogP contribution is 2.62. The summed E-state index contributed by atoms with van der Waals surface area (Å²) < 4.78 is 10.8. The van der Waals surface area contributed by atoms with E-state index in [-0.39, 0.29) is 46.2 Å². The Hall–Kier alpha value is -5.60. The van der Waals surface area contributed by atoms with E-state index in [0.29, 0.717) is 21.9 Å². The molecule has 12 nitrogen and oxygen atoms in total. The zero-order valence-corrected chi connectivity index (χ0v) is 32.1. The fourth-order valence-corrected chi connectivity index (χ4v) is 9.62. The smallest absolute Gasteiger partial charge is 0.488 e. The first-order valence-corrected chi connectivity index (χ1v) is 19.0. The van der Waals surface area contributed by atoms with Crippen molar-refractivity contribution in [1.82, 2.24) is 5.01 Å². The molecule has 4 aromatic rings. The zero-order valence-electron chi connectivity index (χ0n) is 30.6. The number of hydrogen-bond acceptors (Lipinski definition) is 10. The van der Waals surface area contributed by atoms with Gasteiger partial charge in [0.05, 0.1) is 53.8 Å². The number of allylic oxidation sites excluding steroid dienone is 3. The maximum Gasteiger partial charge on any atom is 0.488 e. The molecule has 2 aliphatic carbocycles. The Morgan fingerprint density at radius 2 is 1.65 bits per heavy atom. The van der Waals surface area contributed by atoms with Crippen molar-refractivity contribution >= 4 is 76.9 Å². The first-order chi connectivity index (χ1) is 27.4. The Balaban J connectivity index is 1.30. The Bertz CT molecular complexity index is 2390. The molecule has 4 aliphatic rings. The lowest BCUT2D eigenvalue weighted by Gasteiger charge is -2.49. The molecule has 2 aliphatic heterocycles. The fourth-order valence-electron chi connectivity index (χ4n) is 9.17. The van der Waals surface area contributed by atoms with Crippen LogP contribution in [0.1, 0.15) is 24.0 Å². The summed E-state index contributed by atoms with van der Waals surface area (Å²) in [5.41, 5.74) is 3.89. The predicted molar refractivity (Wildman–Crippen MR) is 214 cm³/mol. The third kappa shape index (κ3) is 6.17. The molecular weight excluding hydrogens is 772 g/mol. The van der Waals surface area contributed by atoms with E-state index in [4.69, 9.17) is 32.7 Å². The third-order valence-corrected chi connectivity index (χ3v) is 12.3. The van der Waals surface area contributed by atoms with E-state index in [1.807, 2.05) is 12.2 Å². The lowest BCUT2D eigenvalue weighted by atomic mass is 9.50. The molecule has 8 rings (SSSR count). The molecule has 15 heteroatoms. The number of anilines is 2. The van der Waals surface area contributed by atoms with Crippen LogP contribution < -0.4 is 25.3 Å². The van der Waals surface area contributed by atoms with Crippen LogP contribution in [0, 0.1) is 29.6 Å². The van der Waals surface area contributed by atoms with Crippen LogP contribution in [0.5, 0.6) is 17.2 Å². The van der Waals surface area contributed by atoms with E-state index in [1.54, 1.807) is 60.7 Å². The first-order valence-electron chi connectivity index (χ1n) is 18.2. The van der Waals surface area contributed by atoms with Crippen LogP contribution in [0.2, 0.25) is 10.0 Å². The summed E-state index contributed by atoms with van der Waals surface area (Å²) in [4.78, 5) is 60.1. The van der Waals surface area contributed by atoms with E-state index in [2.05, 4.69) is 5.43 Å². The molecule has 0 spiro atoms. The molecule has 0 radical (unpaired) electrons. The van der Waals surface area contributed by atoms with E-state index < -0.39 is 65.8 Å². The third-order valence-electron chi connectivity index (χ3n) is 11.8. The quantitative estimate of drug-likeness (QED) is 0.101. The van der Waals surface area contributed by atoms with Crippen molar-refractivity contribution in [2.75, 3.05) is 24.5 Å². The van der Waals surface area contributed by atoms with Crippen molar-refractivity contribution in [3.05, 3.63) is 124 Å². The topological polar surface area (TPSA) is 166 Å². The number of carbonyl (C=O) groups excluding carboxylic acids is 4. The molecule has 6 unspecified atom stereocenters. The first kappa shape index (κ1) is 38.3. The van der Waals surface area contributed by atoms with Gasteiger partial charge in [0.15, 0.2) is 11.5 Å². The molecule has 290 valence electrons. The average molecular weight is 808 g/mol. The SMILES string of the molecule is COc1ccc(C23C(=O)N(Nc4ccc(Cl)cc4Cl)C(=O)C2CC2C(=CCC4C(=O)N(c5cccc(B(O)O)c5)C(=O)C42)C3C=Cc2ccc(O)c(OC)c2)cc1. The number of amides is 4. The Morgan fingerprint density at radius 3 is 2.35 bits per heavy atom. The van der Waals surface area contributed by atoms with Gasteiger partial charge in [-0.1, -0.05) is 77.3 Å². The highest BCUT2D eigenvalue weighted by Gasteiger charge is 2.69. The lowest BCUT2D eigenvalue weighted by molar-refractivity contribution is -0.139. The number of benzene rings is 4. The van der Waals surface area contributed by atoms with E-state index in [0.717, 1.165) is 15.5 Å². The van der Waals surface area contributed by atoms with Gasteiger partial charge in [-0.2, -0.15) is 5.01 Å². The molecular formula is C42H36BCl2N3O9. The monoisotopic (exact) mass is 807 g/mol. The highest BCUT2D eigenvalue weighted by atomic mass is 35.5. The number of hydrazine groups is 1. The number of fused-ring (bicyclic) bond motifs is 4. The van der Waals surface area contributed by atoms with Crippen LogP contribution in [0.15, 0.2) is 103 Å². The molecule has 0 bridgehead atoms. The molecule has 1 saturated carbocycles. The number of carbonyl (C=O) groups is 4. The van der Waals surface area contributed by atoms with Gasteiger partial charge >= 0.3 is 7.12 Å². The van der Waals surface area contributed by atoms with Crippen molar-refractivity contribution < 1.29 is 43.8 Å². The molecule has 3 fully saturated rings. The number of methoxy groups -OCH3 is 2. The number of halogens is 2. The summed E-state index contributed by atoms with van der Waals surface area (Å²) in [7, 11) is 1.15. The minimum atomic E-state index is -1.82. The second-order valence-corrected chi connectivity index (χ2v) is 15.4. The molecule has 0 aromatic heterocycles. The number of nitrogens with zero attached hydrogens (tertiary/aromatic N) is 2. The largest absolute Gasteiger partial charge is 0.504 e. The van der Waals surface area contributed by atoms with Crippen LogP contribution in [0.4, 0.5) is 11.4 Å². The fraction of sp³-hybridized carbons (Fsp3) is 0.238. The molecule has 4 amide bonds. The Kier molecular flexibility index (Phi) is 9.89.